The number of carbonyl (C=O) groups is 1. The fourth-order valence-corrected chi connectivity index (χ4v) is 2.17. The minimum absolute atomic E-state index is 0.0332. The maximum Gasteiger partial charge on any atom is 0.196 e. The third kappa shape index (κ3) is 2.94. The summed E-state index contributed by atoms with van der Waals surface area (Å²) >= 11 is 2.20. The summed E-state index contributed by atoms with van der Waals surface area (Å²) in [7, 11) is 0. The lowest BCUT2D eigenvalue weighted by Crippen LogP contribution is -2.00. The normalized spacial score (nSPS) is 10.5. The van der Waals surface area contributed by atoms with E-state index in [4.69, 9.17) is 0 Å². The number of benzene rings is 1. The van der Waals surface area contributed by atoms with Crippen LogP contribution in [0.25, 0.3) is 0 Å². The summed E-state index contributed by atoms with van der Waals surface area (Å²) < 4.78 is 2.87. The monoisotopic (exact) mass is 340 g/mol. The van der Waals surface area contributed by atoms with Gasteiger partial charge < -0.3 is 0 Å². The highest BCUT2D eigenvalue weighted by atomic mass is 127. The van der Waals surface area contributed by atoms with E-state index in [9.17, 15) is 4.79 Å². The highest BCUT2D eigenvalue weighted by molar-refractivity contribution is 14.1. The Morgan fingerprint density at radius 3 is 2.94 bits per heavy atom. The van der Waals surface area contributed by atoms with Gasteiger partial charge in [0, 0.05) is 21.9 Å². The number of aromatic nitrogens is 2. The van der Waals surface area contributed by atoms with Crippen molar-refractivity contribution in [3.05, 3.63) is 51.4 Å². The van der Waals surface area contributed by atoms with Gasteiger partial charge in [-0.2, -0.15) is 5.10 Å². The van der Waals surface area contributed by atoms with Crippen molar-refractivity contribution in [1.29, 1.82) is 0 Å². The van der Waals surface area contributed by atoms with Gasteiger partial charge in [-0.15, -0.1) is 0 Å². The molecule has 0 spiro atoms. The van der Waals surface area contributed by atoms with E-state index in [1.165, 1.54) is 0 Å². The van der Waals surface area contributed by atoms with E-state index in [1.807, 2.05) is 30.5 Å². The van der Waals surface area contributed by atoms with Crippen molar-refractivity contribution in [3.63, 3.8) is 0 Å². The maximum atomic E-state index is 12.2. The van der Waals surface area contributed by atoms with E-state index < -0.39 is 0 Å². The summed E-state index contributed by atoms with van der Waals surface area (Å²) in [6.45, 7) is 2.93. The summed E-state index contributed by atoms with van der Waals surface area (Å²) in [5.74, 6) is 0.0332. The molecule has 4 heteroatoms. The maximum absolute atomic E-state index is 12.2. The highest BCUT2D eigenvalue weighted by Crippen LogP contribution is 2.12. The summed E-state index contributed by atoms with van der Waals surface area (Å²) in [4.78, 5) is 12.2. The number of nitrogens with zero attached hydrogens (tertiary/aromatic N) is 2. The van der Waals surface area contributed by atoms with Gasteiger partial charge >= 0.3 is 0 Å². The summed E-state index contributed by atoms with van der Waals surface area (Å²) in [5.41, 5.74) is 1.37. The molecule has 1 heterocycles. The second-order valence-electron chi connectivity index (χ2n) is 3.83. The lowest BCUT2D eigenvalue weighted by Gasteiger charge is -1.98. The number of hydrogen-bond acceptors (Lipinski definition) is 2. The van der Waals surface area contributed by atoms with Gasteiger partial charge in [-0.1, -0.05) is 19.1 Å². The fourth-order valence-electron chi connectivity index (χ4n) is 1.63. The molecule has 0 aliphatic heterocycles. The van der Waals surface area contributed by atoms with Crippen LogP contribution >= 0.6 is 22.6 Å². The first kappa shape index (κ1) is 12.3. The van der Waals surface area contributed by atoms with E-state index in [2.05, 4.69) is 34.6 Å². The van der Waals surface area contributed by atoms with Gasteiger partial charge in [0.1, 0.15) is 0 Å². The van der Waals surface area contributed by atoms with E-state index in [0.29, 0.717) is 11.1 Å². The molecule has 0 aliphatic rings. The molecule has 2 rings (SSSR count). The summed E-state index contributed by atoms with van der Waals surface area (Å²) in [6.07, 6.45) is 4.46. The highest BCUT2D eigenvalue weighted by Gasteiger charge is 2.11. The molecule has 0 bridgehead atoms. The van der Waals surface area contributed by atoms with Crippen molar-refractivity contribution in [1.82, 2.24) is 9.78 Å². The van der Waals surface area contributed by atoms with Crippen LogP contribution in [-0.4, -0.2) is 15.6 Å². The first-order valence-electron chi connectivity index (χ1n) is 5.53. The van der Waals surface area contributed by atoms with E-state index in [-0.39, 0.29) is 5.78 Å². The van der Waals surface area contributed by atoms with Crippen molar-refractivity contribution in [2.24, 2.45) is 0 Å². The molecule has 0 radical (unpaired) electrons. The standard InChI is InChI=1S/C13H13IN2O/c1-2-6-16-9-11(8-15-16)13(17)10-4-3-5-12(14)7-10/h3-5,7-9H,2,6H2,1H3. The average Bonchev–Trinajstić information content (AvgIpc) is 2.77. The third-order valence-electron chi connectivity index (χ3n) is 2.43. The minimum atomic E-state index is 0.0332. The Morgan fingerprint density at radius 2 is 2.24 bits per heavy atom. The molecule has 0 saturated carbocycles. The van der Waals surface area contributed by atoms with Crippen molar-refractivity contribution in [2.45, 2.75) is 19.9 Å². The van der Waals surface area contributed by atoms with Gasteiger partial charge in [0.2, 0.25) is 0 Å². The molecule has 0 aliphatic carbocycles. The Balaban J connectivity index is 2.24. The second kappa shape index (κ2) is 5.44. The first-order valence-corrected chi connectivity index (χ1v) is 6.61. The molecule has 1 aromatic heterocycles. The van der Waals surface area contributed by atoms with Gasteiger partial charge in [0.15, 0.2) is 5.78 Å². The molecule has 0 fully saturated rings. The minimum Gasteiger partial charge on any atom is -0.288 e. The molecule has 0 unspecified atom stereocenters. The lowest BCUT2D eigenvalue weighted by atomic mass is 10.1. The third-order valence-corrected chi connectivity index (χ3v) is 3.11. The van der Waals surface area contributed by atoms with Crippen LogP contribution in [0.5, 0.6) is 0 Å². The van der Waals surface area contributed by atoms with Crippen LogP contribution in [0, 0.1) is 3.57 Å². The van der Waals surface area contributed by atoms with Crippen LogP contribution in [-0.2, 0) is 6.54 Å². The summed E-state index contributed by atoms with van der Waals surface area (Å²) in [5, 5.41) is 4.17. The van der Waals surface area contributed by atoms with Crippen LogP contribution in [0.1, 0.15) is 29.3 Å². The van der Waals surface area contributed by atoms with Crippen LogP contribution in [0.4, 0.5) is 0 Å². The fraction of sp³-hybridized carbons (Fsp3) is 0.231. The predicted octanol–water partition coefficient (Wildman–Crippen LogP) is 3.13. The quantitative estimate of drug-likeness (QED) is 0.633. The zero-order chi connectivity index (χ0) is 12.3. The van der Waals surface area contributed by atoms with Crippen LogP contribution < -0.4 is 0 Å². The molecule has 17 heavy (non-hydrogen) atoms. The van der Waals surface area contributed by atoms with Crippen molar-refractivity contribution < 1.29 is 4.79 Å². The number of halogens is 1. The van der Waals surface area contributed by atoms with Crippen LogP contribution in [0.3, 0.4) is 0 Å². The van der Waals surface area contributed by atoms with E-state index in [0.717, 1.165) is 16.5 Å². The largest absolute Gasteiger partial charge is 0.288 e. The molecule has 3 nitrogen and oxygen atoms in total. The molecular weight excluding hydrogens is 327 g/mol. The Morgan fingerprint density at radius 1 is 1.41 bits per heavy atom. The Labute approximate surface area is 114 Å². The number of aryl methyl sites for hydroxylation is 1. The van der Waals surface area contributed by atoms with E-state index >= 15 is 0 Å². The van der Waals surface area contributed by atoms with Crippen molar-refractivity contribution >= 4 is 28.4 Å². The molecule has 88 valence electrons. The topological polar surface area (TPSA) is 34.9 Å². The predicted molar refractivity (Wildman–Crippen MR) is 75.1 cm³/mol. The zero-order valence-electron chi connectivity index (χ0n) is 9.56. The van der Waals surface area contributed by atoms with Crippen molar-refractivity contribution in [2.75, 3.05) is 0 Å². The van der Waals surface area contributed by atoms with Crippen LogP contribution in [0.15, 0.2) is 36.7 Å². The molecule has 0 atom stereocenters. The zero-order valence-corrected chi connectivity index (χ0v) is 11.7. The number of rotatable bonds is 4. The molecule has 2 aromatic rings. The van der Waals surface area contributed by atoms with Gasteiger partial charge in [-0.25, -0.2) is 0 Å². The Hall–Kier alpha value is -1.17. The van der Waals surface area contributed by atoms with Gasteiger partial charge in [-0.3, -0.25) is 9.48 Å². The lowest BCUT2D eigenvalue weighted by molar-refractivity contribution is 0.103. The molecule has 0 amide bonds. The molecule has 0 saturated heterocycles. The Bertz CT molecular complexity index is 534. The number of ketones is 1. The Kier molecular flexibility index (Phi) is 3.93. The second-order valence-corrected chi connectivity index (χ2v) is 5.08. The van der Waals surface area contributed by atoms with E-state index in [1.54, 1.807) is 10.9 Å². The number of carbonyl (C=O) groups excluding carboxylic acids is 1. The van der Waals surface area contributed by atoms with Gasteiger partial charge in [0.25, 0.3) is 0 Å². The van der Waals surface area contributed by atoms with Gasteiger partial charge in [-0.05, 0) is 41.1 Å². The molecule has 0 N–H and O–H groups in total. The number of hydrogen-bond donors (Lipinski definition) is 0. The smallest absolute Gasteiger partial charge is 0.196 e. The van der Waals surface area contributed by atoms with Crippen molar-refractivity contribution in [3.8, 4) is 0 Å². The van der Waals surface area contributed by atoms with Crippen LogP contribution in [0.2, 0.25) is 0 Å². The molecular formula is C13H13IN2O. The van der Waals surface area contributed by atoms with Gasteiger partial charge in [0.05, 0.1) is 11.8 Å². The first-order chi connectivity index (χ1) is 8.20. The SMILES string of the molecule is CCCn1cc(C(=O)c2cccc(I)c2)cn1. The molecule has 1 aromatic carbocycles. The summed E-state index contributed by atoms with van der Waals surface area (Å²) in [6, 6.07) is 7.59. The average molecular weight is 340 g/mol.